The van der Waals surface area contributed by atoms with E-state index in [1.165, 1.54) is 0 Å². The molecule has 3 N–H and O–H groups in total. The highest BCUT2D eigenvalue weighted by Crippen LogP contribution is 1.82. The van der Waals surface area contributed by atoms with E-state index in [4.69, 9.17) is 5.73 Å². The molecule has 4 nitrogen and oxygen atoms in total. The van der Waals surface area contributed by atoms with E-state index in [0.29, 0.717) is 18.1 Å². The highest BCUT2D eigenvalue weighted by atomic mass is 32.2. The number of nitrogens with one attached hydrogen (secondary N) is 1. The quantitative estimate of drug-likeness (QED) is 0.580. The third-order valence-corrected chi connectivity index (χ3v) is 2.83. The van der Waals surface area contributed by atoms with Gasteiger partial charge in [0.15, 0.2) is 0 Å². The molecule has 0 aliphatic heterocycles. The average Bonchev–Trinajstić information content (AvgIpc) is 2.03. The molecule has 0 spiro atoms. The van der Waals surface area contributed by atoms with Crippen LogP contribution in [0.5, 0.6) is 0 Å². The van der Waals surface area contributed by atoms with E-state index >= 15 is 0 Å². The molecule has 2 atom stereocenters. The van der Waals surface area contributed by atoms with Crippen molar-refractivity contribution in [1.29, 1.82) is 0 Å². The lowest BCUT2D eigenvalue weighted by Gasteiger charge is -2.08. The summed E-state index contributed by atoms with van der Waals surface area (Å²) in [6.45, 7) is 4.13. The molecule has 0 bridgehead atoms. The van der Waals surface area contributed by atoms with E-state index in [1.807, 2.05) is 6.92 Å². The van der Waals surface area contributed by atoms with E-state index in [0.717, 1.165) is 0 Å². The first-order chi connectivity index (χ1) is 5.57. The molecule has 0 radical (unpaired) electrons. The van der Waals surface area contributed by atoms with Crippen molar-refractivity contribution >= 4 is 16.7 Å². The van der Waals surface area contributed by atoms with Crippen LogP contribution in [0.3, 0.4) is 0 Å². The van der Waals surface area contributed by atoms with Crippen LogP contribution in [-0.2, 0) is 15.6 Å². The summed E-state index contributed by atoms with van der Waals surface area (Å²) in [7, 11) is -0.771. The van der Waals surface area contributed by atoms with Crippen LogP contribution >= 0.6 is 0 Å². The zero-order chi connectivity index (χ0) is 9.56. The topological polar surface area (TPSA) is 72.2 Å². The van der Waals surface area contributed by atoms with Gasteiger partial charge in [0, 0.05) is 28.9 Å². The number of carbonyl (C=O) groups excluding carboxylic acids is 1. The first-order valence-corrected chi connectivity index (χ1v) is 5.44. The van der Waals surface area contributed by atoms with Crippen LogP contribution in [0.2, 0.25) is 0 Å². The van der Waals surface area contributed by atoms with E-state index in [-0.39, 0.29) is 11.9 Å². The molecule has 12 heavy (non-hydrogen) atoms. The Hall–Kier alpha value is -0.420. The van der Waals surface area contributed by atoms with Gasteiger partial charge in [0.25, 0.3) is 0 Å². The number of carbonyl (C=O) groups is 1. The predicted molar refractivity (Wildman–Crippen MR) is 50.2 cm³/mol. The summed E-state index contributed by atoms with van der Waals surface area (Å²) < 4.78 is 10.9. The number of primary amides is 1. The van der Waals surface area contributed by atoms with Gasteiger partial charge in [-0.05, 0) is 6.92 Å². The Morgan fingerprint density at radius 1 is 1.67 bits per heavy atom. The van der Waals surface area contributed by atoms with Crippen molar-refractivity contribution in [2.45, 2.75) is 19.9 Å². The zero-order valence-corrected chi connectivity index (χ0v) is 8.32. The molecule has 72 valence electrons. The molecule has 2 unspecified atom stereocenters. The van der Waals surface area contributed by atoms with Gasteiger partial charge in [0.2, 0.25) is 5.91 Å². The maximum atomic E-state index is 10.9. The molecule has 0 saturated heterocycles. The van der Waals surface area contributed by atoms with Gasteiger partial charge >= 0.3 is 0 Å². The molecule has 0 saturated carbocycles. The Kier molecular flexibility index (Phi) is 5.92. The van der Waals surface area contributed by atoms with Gasteiger partial charge < -0.3 is 11.1 Å². The van der Waals surface area contributed by atoms with E-state index in [2.05, 4.69) is 5.32 Å². The van der Waals surface area contributed by atoms with Crippen LogP contribution in [0.15, 0.2) is 0 Å². The van der Waals surface area contributed by atoms with Gasteiger partial charge in [-0.3, -0.25) is 9.00 Å². The van der Waals surface area contributed by atoms with Crippen molar-refractivity contribution in [1.82, 2.24) is 5.32 Å². The molecule has 5 heteroatoms. The van der Waals surface area contributed by atoms with Gasteiger partial charge in [-0.25, -0.2) is 0 Å². The maximum Gasteiger partial charge on any atom is 0.234 e. The molecule has 0 rings (SSSR count). The standard InChI is InChI=1S/C7H16N2O2S/c1-3-12(11)5-4-9-6(2)7(8)10/h6,9H,3-5H2,1-2H3,(H2,8,10). The summed E-state index contributed by atoms with van der Waals surface area (Å²) in [5.74, 6) is 0.859. The summed E-state index contributed by atoms with van der Waals surface area (Å²) in [5, 5.41) is 2.88. The van der Waals surface area contributed by atoms with Crippen molar-refractivity contribution in [3.8, 4) is 0 Å². The number of hydrogen-bond acceptors (Lipinski definition) is 3. The Morgan fingerprint density at radius 3 is 2.67 bits per heavy atom. The van der Waals surface area contributed by atoms with E-state index in [1.54, 1.807) is 6.92 Å². The second kappa shape index (κ2) is 6.14. The third-order valence-electron chi connectivity index (χ3n) is 1.53. The van der Waals surface area contributed by atoms with Crippen LogP contribution < -0.4 is 11.1 Å². The van der Waals surface area contributed by atoms with Gasteiger partial charge in [0.05, 0.1) is 6.04 Å². The number of nitrogens with two attached hydrogens (primary N) is 1. The minimum atomic E-state index is -0.771. The molecule has 0 aromatic rings. The van der Waals surface area contributed by atoms with Gasteiger partial charge in [0.1, 0.15) is 0 Å². The SMILES string of the molecule is CCS(=O)CCNC(C)C(N)=O. The van der Waals surface area contributed by atoms with Crippen molar-refractivity contribution in [2.24, 2.45) is 5.73 Å². The Labute approximate surface area is 75.4 Å². The lowest BCUT2D eigenvalue weighted by atomic mass is 10.3. The van der Waals surface area contributed by atoms with Crippen molar-refractivity contribution in [2.75, 3.05) is 18.1 Å². The number of amides is 1. The fraction of sp³-hybridized carbons (Fsp3) is 0.857. The molecule has 0 fully saturated rings. The smallest absolute Gasteiger partial charge is 0.234 e. The molecule has 0 heterocycles. The normalized spacial score (nSPS) is 15.5. The second-order valence-corrected chi connectivity index (χ2v) is 4.38. The van der Waals surface area contributed by atoms with Crippen LogP contribution in [0, 0.1) is 0 Å². The highest BCUT2D eigenvalue weighted by Gasteiger charge is 2.06. The monoisotopic (exact) mass is 192 g/mol. The first kappa shape index (κ1) is 11.6. The molecule has 0 aromatic carbocycles. The summed E-state index contributed by atoms with van der Waals surface area (Å²) in [6, 6.07) is -0.334. The maximum absolute atomic E-state index is 10.9. The fourth-order valence-corrected chi connectivity index (χ4v) is 1.27. The van der Waals surface area contributed by atoms with Crippen molar-refractivity contribution < 1.29 is 9.00 Å². The minimum Gasteiger partial charge on any atom is -0.368 e. The highest BCUT2D eigenvalue weighted by molar-refractivity contribution is 7.84. The molecule has 0 aliphatic carbocycles. The number of rotatable bonds is 6. The Morgan fingerprint density at radius 2 is 2.25 bits per heavy atom. The van der Waals surface area contributed by atoms with Gasteiger partial charge in [-0.15, -0.1) is 0 Å². The summed E-state index contributed by atoms with van der Waals surface area (Å²) in [6.07, 6.45) is 0. The lowest BCUT2D eigenvalue weighted by Crippen LogP contribution is -2.40. The second-order valence-electron chi connectivity index (χ2n) is 2.51. The minimum absolute atomic E-state index is 0.334. The third kappa shape index (κ3) is 5.26. The van der Waals surface area contributed by atoms with Gasteiger partial charge in [-0.2, -0.15) is 0 Å². The summed E-state index contributed by atoms with van der Waals surface area (Å²) in [4.78, 5) is 10.5. The van der Waals surface area contributed by atoms with Crippen molar-refractivity contribution in [3.05, 3.63) is 0 Å². The number of hydrogen-bond donors (Lipinski definition) is 2. The van der Waals surface area contributed by atoms with Crippen LogP contribution in [0.25, 0.3) is 0 Å². The Bertz CT molecular complexity index is 173. The van der Waals surface area contributed by atoms with E-state index in [9.17, 15) is 9.00 Å². The summed E-state index contributed by atoms with van der Waals surface area (Å²) in [5.41, 5.74) is 5.01. The average molecular weight is 192 g/mol. The first-order valence-electron chi connectivity index (χ1n) is 3.95. The predicted octanol–water partition coefficient (Wildman–Crippen LogP) is -0.782. The Balaban J connectivity index is 3.43. The largest absolute Gasteiger partial charge is 0.368 e. The van der Waals surface area contributed by atoms with Crippen LogP contribution in [-0.4, -0.2) is 34.2 Å². The molecule has 0 aliphatic rings. The van der Waals surface area contributed by atoms with Crippen molar-refractivity contribution in [3.63, 3.8) is 0 Å². The lowest BCUT2D eigenvalue weighted by molar-refractivity contribution is -0.119. The van der Waals surface area contributed by atoms with E-state index < -0.39 is 10.8 Å². The molecule has 1 amide bonds. The molecular weight excluding hydrogens is 176 g/mol. The summed E-state index contributed by atoms with van der Waals surface area (Å²) >= 11 is 0. The molecule has 0 aromatic heterocycles. The van der Waals surface area contributed by atoms with Crippen LogP contribution in [0.1, 0.15) is 13.8 Å². The van der Waals surface area contributed by atoms with Crippen LogP contribution in [0.4, 0.5) is 0 Å². The fourth-order valence-electron chi connectivity index (χ4n) is 0.634. The zero-order valence-electron chi connectivity index (χ0n) is 7.50. The van der Waals surface area contributed by atoms with Gasteiger partial charge in [-0.1, -0.05) is 6.92 Å². The molecular formula is C7H16N2O2S.